The van der Waals surface area contributed by atoms with E-state index >= 15 is 0 Å². The van der Waals surface area contributed by atoms with Gasteiger partial charge in [0.1, 0.15) is 17.6 Å². The van der Waals surface area contributed by atoms with Gasteiger partial charge in [-0.25, -0.2) is 0 Å². The number of nitrogens with zero attached hydrogens (tertiary/aromatic N) is 1. The highest BCUT2D eigenvalue weighted by molar-refractivity contribution is 5.92. The Kier molecular flexibility index (Phi) is 3.24. The van der Waals surface area contributed by atoms with E-state index in [1.807, 2.05) is 0 Å². The molecule has 2 aromatic rings. The van der Waals surface area contributed by atoms with Gasteiger partial charge >= 0.3 is 0 Å². The molecular weight excluding hydrogens is 224 g/mol. The van der Waals surface area contributed by atoms with Crippen molar-refractivity contribution < 1.29 is 18.8 Å². The average molecular weight is 236 g/mol. The van der Waals surface area contributed by atoms with Crippen LogP contribution in [-0.4, -0.2) is 22.8 Å². The number of aryl methyl sites for hydroxylation is 1. The zero-order valence-corrected chi connectivity index (χ0v) is 9.21. The highest BCUT2D eigenvalue weighted by Gasteiger charge is 2.19. The fourth-order valence-corrected chi connectivity index (χ4v) is 1.40. The Morgan fingerprint density at radius 2 is 2.47 bits per heavy atom. The second-order valence-electron chi connectivity index (χ2n) is 3.55. The molecule has 17 heavy (non-hydrogen) atoms. The molecule has 2 N–H and O–H groups in total. The van der Waals surface area contributed by atoms with Gasteiger partial charge in [0.05, 0.1) is 12.9 Å². The molecule has 0 saturated carbocycles. The molecule has 1 unspecified atom stereocenters. The van der Waals surface area contributed by atoms with E-state index < -0.39 is 11.9 Å². The number of aromatic nitrogens is 1. The van der Waals surface area contributed by atoms with Crippen LogP contribution < -0.4 is 5.32 Å². The Labute approximate surface area is 97.2 Å². The summed E-state index contributed by atoms with van der Waals surface area (Å²) in [6, 6.07) is 4.29. The number of hydrogen-bond acceptors (Lipinski definition) is 5. The topological polar surface area (TPSA) is 88.5 Å². The number of nitrogens with one attached hydrogen (secondary N) is 1. The number of hydrogen-bond donors (Lipinski definition) is 2. The summed E-state index contributed by atoms with van der Waals surface area (Å²) in [6.45, 7) is 1.44. The Bertz CT molecular complexity index is 489. The number of carbonyl (C=O) groups is 1. The molecule has 1 amide bonds. The second-order valence-corrected chi connectivity index (χ2v) is 3.55. The quantitative estimate of drug-likeness (QED) is 0.827. The Hall–Kier alpha value is -2.08. The van der Waals surface area contributed by atoms with E-state index in [0.29, 0.717) is 11.5 Å². The highest BCUT2D eigenvalue weighted by atomic mass is 16.5. The Morgan fingerprint density at radius 3 is 3.00 bits per heavy atom. The molecule has 0 fully saturated rings. The van der Waals surface area contributed by atoms with Crippen molar-refractivity contribution >= 4 is 5.91 Å². The second kappa shape index (κ2) is 4.84. The number of aliphatic hydroxyl groups is 1. The summed E-state index contributed by atoms with van der Waals surface area (Å²) in [7, 11) is 0. The smallest absolute Gasteiger partial charge is 0.274 e. The first kappa shape index (κ1) is 11.4. The highest BCUT2D eigenvalue weighted by Crippen LogP contribution is 2.13. The lowest BCUT2D eigenvalue weighted by molar-refractivity contribution is 0.0898. The van der Waals surface area contributed by atoms with Crippen LogP contribution in [0.4, 0.5) is 0 Å². The molecule has 0 aliphatic rings. The lowest BCUT2D eigenvalue weighted by Gasteiger charge is -2.12. The van der Waals surface area contributed by atoms with E-state index in [0.717, 1.165) is 0 Å². The van der Waals surface area contributed by atoms with E-state index in [9.17, 15) is 9.90 Å². The summed E-state index contributed by atoms with van der Waals surface area (Å²) in [6.07, 6.45) is 1.48. The van der Waals surface area contributed by atoms with E-state index in [1.54, 1.807) is 19.1 Å². The third-order valence-electron chi connectivity index (χ3n) is 2.24. The summed E-state index contributed by atoms with van der Waals surface area (Å²) in [5.41, 5.74) is 0.174. The molecule has 0 aliphatic heterocycles. The molecule has 1 atom stereocenters. The minimum atomic E-state index is -0.588. The predicted molar refractivity (Wildman–Crippen MR) is 57.2 cm³/mol. The van der Waals surface area contributed by atoms with E-state index in [4.69, 9.17) is 8.94 Å². The van der Waals surface area contributed by atoms with Crippen LogP contribution in [-0.2, 0) is 0 Å². The van der Waals surface area contributed by atoms with E-state index in [-0.39, 0.29) is 12.3 Å². The maximum Gasteiger partial charge on any atom is 0.274 e. The minimum Gasteiger partial charge on any atom is -0.467 e. The maximum atomic E-state index is 11.7. The summed E-state index contributed by atoms with van der Waals surface area (Å²) in [4.78, 5) is 11.7. The van der Waals surface area contributed by atoms with Crippen LogP contribution in [0.1, 0.15) is 28.1 Å². The Morgan fingerprint density at radius 1 is 1.65 bits per heavy atom. The van der Waals surface area contributed by atoms with Crippen LogP contribution in [0.2, 0.25) is 0 Å². The molecule has 0 saturated heterocycles. The van der Waals surface area contributed by atoms with Crippen molar-refractivity contribution in [2.24, 2.45) is 0 Å². The van der Waals surface area contributed by atoms with Gasteiger partial charge in [-0.05, 0) is 19.1 Å². The van der Waals surface area contributed by atoms with Gasteiger partial charge in [-0.15, -0.1) is 0 Å². The van der Waals surface area contributed by atoms with Crippen molar-refractivity contribution in [1.29, 1.82) is 0 Å². The molecule has 0 aromatic carbocycles. The number of furan rings is 1. The SMILES string of the molecule is Cc1cc(C(=O)NC(CO)c2ccco2)no1. The molecule has 0 aliphatic carbocycles. The van der Waals surface area contributed by atoms with Crippen LogP contribution >= 0.6 is 0 Å². The monoisotopic (exact) mass is 236 g/mol. The van der Waals surface area contributed by atoms with Crippen LogP contribution in [0.3, 0.4) is 0 Å². The van der Waals surface area contributed by atoms with Crippen LogP contribution in [0.25, 0.3) is 0 Å². The number of aliphatic hydroxyl groups excluding tert-OH is 1. The maximum absolute atomic E-state index is 11.7. The standard InChI is InChI=1S/C11H12N2O4/c1-7-5-8(13-17-7)11(15)12-9(6-14)10-3-2-4-16-10/h2-5,9,14H,6H2,1H3,(H,12,15). The molecule has 0 radical (unpaired) electrons. The summed E-state index contributed by atoms with van der Waals surface area (Å²) < 4.78 is 9.90. The number of carbonyl (C=O) groups excluding carboxylic acids is 1. The predicted octanol–water partition coefficient (Wildman–Crippen LogP) is 1.04. The fraction of sp³-hybridized carbons (Fsp3) is 0.273. The molecule has 6 heteroatoms. The van der Waals surface area contributed by atoms with Gasteiger partial charge in [0.25, 0.3) is 5.91 Å². The van der Waals surface area contributed by atoms with Gasteiger partial charge < -0.3 is 19.4 Å². The molecule has 90 valence electrons. The van der Waals surface area contributed by atoms with Crippen molar-refractivity contribution in [2.75, 3.05) is 6.61 Å². The van der Waals surface area contributed by atoms with Crippen molar-refractivity contribution in [3.63, 3.8) is 0 Å². The third kappa shape index (κ3) is 2.54. The van der Waals surface area contributed by atoms with Gasteiger partial charge in [-0.1, -0.05) is 5.16 Å². The molecule has 2 heterocycles. The lowest BCUT2D eigenvalue weighted by atomic mass is 10.2. The van der Waals surface area contributed by atoms with Gasteiger partial charge in [0.2, 0.25) is 0 Å². The van der Waals surface area contributed by atoms with E-state index in [1.165, 1.54) is 12.3 Å². The van der Waals surface area contributed by atoms with Gasteiger partial charge in [0, 0.05) is 6.07 Å². The van der Waals surface area contributed by atoms with Crippen LogP contribution in [0, 0.1) is 6.92 Å². The van der Waals surface area contributed by atoms with Gasteiger partial charge in [-0.2, -0.15) is 0 Å². The van der Waals surface area contributed by atoms with Crippen molar-refractivity contribution in [3.8, 4) is 0 Å². The molecule has 6 nitrogen and oxygen atoms in total. The first-order valence-electron chi connectivity index (χ1n) is 5.09. The number of amides is 1. The first-order valence-corrected chi connectivity index (χ1v) is 5.09. The average Bonchev–Trinajstić information content (AvgIpc) is 2.96. The zero-order chi connectivity index (χ0) is 12.3. The molecular formula is C11H12N2O4. The normalized spacial score (nSPS) is 12.4. The lowest BCUT2D eigenvalue weighted by Crippen LogP contribution is -2.30. The molecule has 0 bridgehead atoms. The van der Waals surface area contributed by atoms with Crippen molar-refractivity contribution in [3.05, 3.63) is 41.7 Å². The van der Waals surface area contributed by atoms with Gasteiger partial charge in [0.15, 0.2) is 5.69 Å². The Balaban J connectivity index is 2.07. The molecule has 2 aromatic heterocycles. The summed E-state index contributed by atoms with van der Waals surface area (Å²) in [5, 5.41) is 15.4. The summed E-state index contributed by atoms with van der Waals surface area (Å²) >= 11 is 0. The molecule has 0 spiro atoms. The first-order chi connectivity index (χ1) is 8.20. The summed E-state index contributed by atoms with van der Waals surface area (Å²) in [5.74, 6) is 0.618. The van der Waals surface area contributed by atoms with Crippen molar-refractivity contribution in [2.45, 2.75) is 13.0 Å². The largest absolute Gasteiger partial charge is 0.467 e. The third-order valence-corrected chi connectivity index (χ3v) is 2.24. The van der Waals surface area contributed by atoms with Crippen LogP contribution in [0.15, 0.2) is 33.4 Å². The van der Waals surface area contributed by atoms with Crippen LogP contribution in [0.5, 0.6) is 0 Å². The van der Waals surface area contributed by atoms with E-state index in [2.05, 4.69) is 10.5 Å². The van der Waals surface area contributed by atoms with Gasteiger partial charge in [-0.3, -0.25) is 4.79 Å². The molecule has 2 rings (SSSR count). The number of rotatable bonds is 4. The van der Waals surface area contributed by atoms with Crippen molar-refractivity contribution in [1.82, 2.24) is 10.5 Å². The minimum absolute atomic E-state index is 0.174. The fourth-order valence-electron chi connectivity index (χ4n) is 1.40. The zero-order valence-electron chi connectivity index (χ0n) is 9.21.